The molecule has 0 saturated carbocycles. The van der Waals surface area contributed by atoms with Crippen LogP contribution in [0.4, 0.5) is 0 Å². The van der Waals surface area contributed by atoms with Gasteiger partial charge in [-0.3, -0.25) is 4.68 Å². The molecule has 2 aromatic heterocycles. The Morgan fingerprint density at radius 1 is 1.42 bits per heavy atom. The van der Waals surface area contributed by atoms with Crippen molar-refractivity contribution in [1.82, 2.24) is 15.1 Å². The summed E-state index contributed by atoms with van der Waals surface area (Å²) in [6.07, 6.45) is 3.44. The van der Waals surface area contributed by atoms with E-state index in [1.807, 2.05) is 17.7 Å². The van der Waals surface area contributed by atoms with Gasteiger partial charge in [-0.15, -0.1) is 0 Å². The summed E-state index contributed by atoms with van der Waals surface area (Å²) in [5.41, 5.74) is 2.19. The van der Waals surface area contributed by atoms with Gasteiger partial charge in [-0.1, -0.05) is 11.6 Å². The standard InChI is InChI=1S/C14H20ClN3O/c1-10-13(15)7-17-18(10)8-12-5-11(9-19-12)6-16-14(2,3)4/h5,7,9,16H,6,8H2,1-4H3. The first kappa shape index (κ1) is 14.2. The molecule has 0 unspecified atom stereocenters. The summed E-state index contributed by atoms with van der Waals surface area (Å²) < 4.78 is 7.39. The molecule has 0 radical (unpaired) electrons. The topological polar surface area (TPSA) is 43.0 Å². The average Bonchev–Trinajstić information content (AvgIpc) is 2.88. The average molecular weight is 282 g/mol. The Hall–Kier alpha value is -1.26. The van der Waals surface area contributed by atoms with Crippen LogP contribution in [0.25, 0.3) is 0 Å². The lowest BCUT2D eigenvalue weighted by molar-refractivity contribution is 0.422. The van der Waals surface area contributed by atoms with Gasteiger partial charge in [-0.25, -0.2) is 0 Å². The number of hydrogen-bond acceptors (Lipinski definition) is 3. The maximum Gasteiger partial charge on any atom is 0.125 e. The lowest BCUT2D eigenvalue weighted by Crippen LogP contribution is -2.34. The minimum atomic E-state index is 0.101. The van der Waals surface area contributed by atoms with Crippen LogP contribution in [-0.2, 0) is 13.1 Å². The highest BCUT2D eigenvalue weighted by Gasteiger charge is 2.11. The van der Waals surface area contributed by atoms with Crippen molar-refractivity contribution in [2.24, 2.45) is 0 Å². The Kier molecular flexibility index (Phi) is 4.02. The van der Waals surface area contributed by atoms with E-state index in [1.54, 1.807) is 12.5 Å². The van der Waals surface area contributed by atoms with Crippen molar-refractivity contribution in [3.63, 3.8) is 0 Å². The summed E-state index contributed by atoms with van der Waals surface area (Å²) in [4.78, 5) is 0. The monoisotopic (exact) mass is 281 g/mol. The van der Waals surface area contributed by atoms with Crippen LogP contribution in [0.1, 0.15) is 37.8 Å². The highest BCUT2D eigenvalue weighted by atomic mass is 35.5. The fourth-order valence-electron chi connectivity index (χ4n) is 1.70. The molecule has 19 heavy (non-hydrogen) atoms. The van der Waals surface area contributed by atoms with Crippen molar-refractivity contribution in [2.45, 2.75) is 46.3 Å². The molecular formula is C14H20ClN3O. The van der Waals surface area contributed by atoms with Crippen molar-refractivity contribution in [1.29, 1.82) is 0 Å². The Bertz CT molecular complexity index is 551. The molecular weight excluding hydrogens is 262 g/mol. The van der Waals surface area contributed by atoms with Gasteiger partial charge in [-0.05, 0) is 33.8 Å². The third-order valence-electron chi connectivity index (χ3n) is 2.88. The van der Waals surface area contributed by atoms with E-state index < -0.39 is 0 Å². The SMILES string of the molecule is Cc1c(Cl)cnn1Cc1cc(CNC(C)(C)C)co1. The Balaban J connectivity index is 2.00. The zero-order valence-corrected chi connectivity index (χ0v) is 12.6. The normalized spacial score (nSPS) is 12.1. The van der Waals surface area contributed by atoms with Crippen LogP contribution in [0, 0.1) is 6.92 Å². The Morgan fingerprint density at radius 3 is 2.74 bits per heavy atom. The molecule has 0 spiro atoms. The zero-order valence-electron chi connectivity index (χ0n) is 11.8. The molecule has 1 N–H and O–H groups in total. The smallest absolute Gasteiger partial charge is 0.125 e. The number of nitrogens with one attached hydrogen (secondary N) is 1. The lowest BCUT2D eigenvalue weighted by Gasteiger charge is -2.19. The van der Waals surface area contributed by atoms with Crippen LogP contribution in [-0.4, -0.2) is 15.3 Å². The van der Waals surface area contributed by atoms with Crippen molar-refractivity contribution in [3.8, 4) is 0 Å². The summed E-state index contributed by atoms with van der Waals surface area (Å²) in [5.74, 6) is 0.883. The summed E-state index contributed by atoms with van der Waals surface area (Å²) in [6.45, 7) is 9.77. The van der Waals surface area contributed by atoms with Gasteiger partial charge in [0, 0.05) is 17.6 Å². The third-order valence-corrected chi connectivity index (χ3v) is 3.25. The van der Waals surface area contributed by atoms with E-state index in [0.29, 0.717) is 11.6 Å². The van der Waals surface area contributed by atoms with Crippen molar-refractivity contribution in [3.05, 3.63) is 40.6 Å². The minimum Gasteiger partial charge on any atom is -0.467 e. The molecule has 104 valence electrons. The van der Waals surface area contributed by atoms with Gasteiger partial charge in [0.05, 0.1) is 29.7 Å². The maximum absolute atomic E-state index is 5.98. The number of nitrogens with zero attached hydrogens (tertiary/aromatic N) is 2. The second-order valence-electron chi connectivity index (χ2n) is 5.76. The lowest BCUT2D eigenvalue weighted by atomic mass is 10.1. The number of rotatable bonds is 4. The van der Waals surface area contributed by atoms with E-state index in [2.05, 4.69) is 31.2 Å². The summed E-state index contributed by atoms with van der Waals surface area (Å²) in [7, 11) is 0. The molecule has 0 saturated heterocycles. The van der Waals surface area contributed by atoms with Crippen molar-refractivity contribution < 1.29 is 4.42 Å². The zero-order chi connectivity index (χ0) is 14.0. The van der Waals surface area contributed by atoms with Crippen LogP contribution in [0.2, 0.25) is 5.02 Å². The van der Waals surface area contributed by atoms with Gasteiger partial charge in [0.2, 0.25) is 0 Å². The number of furan rings is 1. The predicted molar refractivity (Wildman–Crippen MR) is 76.4 cm³/mol. The number of hydrogen-bond donors (Lipinski definition) is 1. The third kappa shape index (κ3) is 3.85. The summed E-state index contributed by atoms with van der Waals surface area (Å²) in [5, 5.41) is 8.32. The Labute approximate surface area is 118 Å². The van der Waals surface area contributed by atoms with E-state index in [4.69, 9.17) is 16.0 Å². The molecule has 0 aromatic carbocycles. The molecule has 2 rings (SSSR count). The molecule has 0 aliphatic rings. The first-order chi connectivity index (χ1) is 8.85. The molecule has 0 amide bonds. The van der Waals surface area contributed by atoms with E-state index in [-0.39, 0.29) is 5.54 Å². The number of aromatic nitrogens is 2. The first-order valence-electron chi connectivity index (χ1n) is 6.34. The van der Waals surface area contributed by atoms with Crippen LogP contribution < -0.4 is 5.32 Å². The van der Waals surface area contributed by atoms with Gasteiger partial charge in [0.15, 0.2) is 0 Å². The van der Waals surface area contributed by atoms with Crippen molar-refractivity contribution in [2.75, 3.05) is 0 Å². The van der Waals surface area contributed by atoms with E-state index >= 15 is 0 Å². The van der Waals surface area contributed by atoms with Crippen LogP contribution in [0.5, 0.6) is 0 Å². The van der Waals surface area contributed by atoms with Gasteiger partial charge in [0.1, 0.15) is 5.76 Å². The summed E-state index contributed by atoms with van der Waals surface area (Å²) >= 11 is 5.98. The number of halogens is 1. The van der Waals surface area contributed by atoms with Crippen LogP contribution >= 0.6 is 11.6 Å². The first-order valence-corrected chi connectivity index (χ1v) is 6.72. The summed E-state index contributed by atoms with van der Waals surface area (Å²) in [6, 6.07) is 2.05. The quantitative estimate of drug-likeness (QED) is 0.934. The molecule has 0 aliphatic carbocycles. The predicted octanol–water partition coefficient (Wildman–Crippen LogP) is 3.37. The maximum atomic E-state index is 5.98. The largest absolute Gasteiger partial charge is 0.467 e. The molecule has 5 heteroatoms. The van der Waals surface area contributed by atoms with E-state index in [0.717, 1.165) is 23.6 Å². The highest BCUT2D eigenvalue weighted by molar-refractivity contribution is 6.31. The van der Waals surface area contributed by atoms with Crippen LogP contribution in [0.15, 0.2) is 22.9 Å². The fraction of sp³-hybridized carbons (Fsp3) is 0.500. The molecule has 4 nitrogen and oxygen atoms in total. The van der Waals surface area contributed by atoms with Gasteiger partial charge in [0.25, 0.3) is 0 Å². The minimum absolute atomic E-state index is 0.101. The molecule has 0 aliphatic heterocycles. The van der Waals surface area contributed by atoms with Crippen molar-refractivity contribution >= 4 is 11.6 Å². The van der Waals surface area contributed by atoms with E-state index in [1.165, 1.54) is 0 Å². The second kappa shape index (κ2) is 5.39. The molecule has 0 bridgehead atoms. The highest BCUT2D eigenvalue weighted by Crippen LogP contribution is 2.16. The van der Waals surface area contributed by atoms with Crippen LogP contribution in [0.3, 0.4) is 0 Å². The molecule has 0 atom stereocenters. The van der Waals surface area contributed by atoms with Gasteiger partial charge in [-0.2, -0.15) is 5.10 Å². The van der Waals surface area contributed by atoms with E-state index in [9.17, 15) is 0 Å². The molecule has 2 heterocycles. The Morgan fingerprint density at radius 2 is 2.16 bits per heavy atom. The molecule has 2 aromatic rings. The van der Waals surface area contributed by atoms with Gasteiger partial charge >= 0.3 is 0 Å². The van der Waals surface area contributed by atoms with Gasteiger partial charge < -0.3 is 9.73 Å². The molecule has 0 fully saturated rings. The fourth-order valence-corrected chi connectivity index (χ4v) is 1.84. The second-order valence-corrected chi connectivity index (χ2v) is 6.17.